The summed E-state index contributed by atoms with van der Waals surface area (Å²) in [6.07, 6.45) is 0. The van der Waals surface area contributed by atoms with Gasteiger partial charge in [0.15, 0.2) is 0 Å². The molecule has 8 aromatic rings. The van der Waals surface area contributed by atoms with Crippen molar-refractivity contribution in [3.8, 4) is 34.0 Å². The van der Waals surface area contributed by atoms with E-state index in [0.717, 1.165) is 22.3 Å². The number of nitrogens with one attached hydrogen (secondary N) is 2. The second-order valence-electron chi connectivity index (χ2n) is 14.0. The maximum atomic E-state index is 13.6. The average Bonchev–Trinajstić information content (AvgIpc) is 3.19. The van der Waals surface area contributed by atoms with E-state index in [1.807, 2.05) is 39.8 Å². The monoisotopic (exact) mass is 810 g/mol. The van der Waals surface area contributed by atoms with Gasteiger partial charge in [-0.25, -0.2) is 36.4 Å². The summed E-state index contributed by atoms with van der Waals surface area (Å²) in [6, 6.07) is 32.7. The first-order valence-corrected chi connectivity index (χ1v) is 20.9. The van der Waals surface area contributed by atoms with Crippen LogP contribution in [-0.2, 0) is 20.0 Å². The Morgan fingerprint density at radius 2 is 0.793 bits per heavy atom. The van der Waals surface area contributed by atoms with Crippen LogP contribution in [0.25, 0.3) is 55.8 Å². The van der Waals surface area contributed by atoms with E-state index >= 15 is 0 Å². The van der Waals surface area contributed by atoms with Gasteiger partial charge in [0.25, 0.3) is 20.0 Å². The van der Waals surface area contributed by atoms with Crippen molar-refractivity contribution in [1.29, 1.82) is 0 Å². The molecule has 0 unspecified atom stereocenters. The molecule has 14 heteroatoms. The molecule has 0 aliphatic carbocycles. The number of fused-ring (bicyclic) bond motifs is 2. The lowest BCUT2D eigenvalue weighted by Crippen LogP contribution is -2.14. The van der Waals surface area contributed by atoms with E-state index < -0.39 is 31.3 Å². The van der Waals surface area contributed by atoms with Crippen molar-refractivity contribution < 1.29 is 25.7 Å². The molecule has 0 saturated carbocycles. The molecule has 2 heterocycles. The number of nitrogens with zero attached hydrogens (tertiary/aromatic N) is 2. The maximum Gasteiger partial charge on any atom is 0.347 e. The van der Waals surface area contributed by atoms with E-state index in [4.69, 9.17) is 8.83 Å². The molecule has 2 N–H and O–H groups in total. The highest BCUT2D eigenvalue weighted by Crippen LogP contribution is 2.33. The third kappa shape index (κ3) is 7.50. The van der Waals surface area contributed by atoms with Crippen molar-refractivity contribution >= 4 is 53.2 Å². The van der Waals surface area contributed by atoms with Crippen LogP contribution in [0.4, 0.5) is 11.4 Å². The number of sulfonamides is 2. The summed E-state index contributed by atoms with van der Waals surface area (Å²) in [5.41, 5.74) is 5.25. The first kappa shape index (κ1) is 38.0. The smallest absolute Gasteiger partial charge is 0.347 e. The Labute approximate surface area is 333 Å². The van der Waals surface area contributed by atoms with E-state index in [0.29, 0.717) is 44.1 Å². The number of aryl methyl sites for hydroxylation is 4. The van der Waals surface area contributed by atoms with Crippen LogP contribution in [0, 0.1) is 27.7 Å². The number of benzene rings is 6. The van der Waals surface area contributed by atoms with Crippen LogP contribution in [0.3, 0.4) is 0 Å². The summed E-state index contributed by atoms with van der Waals surface area (Å²) < 4.78 is 70.9. The number of hydrogen-bond acceptors (Lipinski definition) is 10. The second kappa shape index (κ2) is 14.6. The van der Waals surface area contributed by atoms with Gasteiger partial charge < -0.3 is 8.83 Å². The van der Waals surface area contributed by atoms with E-state index in [2.05, 4.69) is 19.4 Å². The van der Waals surface area contributed by atoms with Gasteiger partial charge in [0.05, 0.1) is 54.1 Å². The zero-order valence-electron chi connectivity index (χ0n) is 31.5. The molecule has 0 spiro atoms. The van der Waals surface area contributed by atoms with Crippen molar-refractivity contribution in [2.24, 2.45) is 0 Å². The molecule has 2 aromatic heterocycles. The zero-order valence-corrected chi connectivity index (χ0v) is 33.2. The van der Waals surface area contributed by atoms with Gasteiger partial charge in [0.1, 0.15) is 0 Å². The Hall–Kier alpha value is -6.90. The van der Waals surface area contributed by atoms with Gasteiger partial charge in [0.2, 0.25) is 11.8 Å². The molecule has 0 saturated heterocycles. The SMILES string of the molecule is Cc1ccc(NS(=O)(=O)c2ccc(-c3ccc(S(=O)(=O)Nc4ccc(C)cc4-c4nc5ccc(C)cc5c(=O)o4)cc3)cc2)c(-c2nc3ccc(C)cc3c(=O)o2)c1. The fourth-order valence-electron chi connectivity index (χ4n) is 6.51. The summed E-state index contributed by atoms with van der Waals surface area (Å²) in [6.45, 7) is 7.37. The molecule has 12 nitrogen and oxygen atoms in total. The van der Waals surface area contributed by atoms with Crippen molar-refractivity contribution in [2.45, 2.75) is 37.5 Å². The number of rotatable bonds is 9. The van der Waals surface area contributed by atoms with Gasteiger partial charge in [-0.1, -0.05) is 70.8 Å². The summed E-state index contributed by atoms with van der Waals surface area (Å²) in [4.78, 5) is 34.7. The second-order valence-corrected chi connectivity index (χ2v) is 17.4. The van der Waals surface area contributed by atoms with Crippen molar-refractivity contribution in [1.82, 2.24) is 9.97 Å². The minimum absolute atomic E-state index is 0.0246. The maximum absolute atomic E-state index is 13.6. The van der Waals surface area contributed by atoms with Crippen molar-refractivity contribution in [2.75, 3.05) is 9.44 Å². The van der Waals surface area contributed by atoms with Gasteiger partial charge in [-0.3, -0.25) is 9.44 Å². The minimum atomic E-state index is -4.12. The highest BCUT2D eigenvalue weighted by molar-refractivity contribution is 7.93. The fraction of sp³-hybridized carbons (Fsp3) is 0.0909. The number of aromatic nitrogens is 2. The van der Waals surface area contributed by atoms with Crippen LogP contribution in [0.5, 0.6) is 0 Å². The molecule has 6 aromatic carbocycles. The minimum Gasteiger partial charge on any atom is -0.403 e. The quantitative estimate of drug-likeness (QED) is 0.144. The summed E-state index contributed by atoms with van der Waals surface area (Å²) in [5, 5.41) is 0.649. The number of anilines is 2. The Bertz CT molecular complexity index is 3070. The lowest BCUT2D eigenvalue weighted by molar-refractivity contribution is 0.518. The Balaban J connectivity index is 1.02. The molecule has 0 aliphatic rings. The van der Waals surface area contributed by atoms with Gasteiger partial charge in [0, 0.05) is 0 Å². The van der Waals surface area contributed by atoms with Crippen LogP contribution < -0.4 is 20.7 Å². The highest BCUT2D eigenvalue weighted by Gasteiger charge is 2.22. The largest absolute Gasteiger partial charge is 0.403 e. The zero-order chi connectivity index (χ0) is 40.9. The van der Waals surface area contributed by atoms with E-state index in [9.17, 15) is 26.4 Å². The first-order chi connectivity index (χ1) is 27.6. The molecule has 58 heavy (non-hydrogen) atoms. The fourth-order valence-corrected chi connectivity index (χ4v) is 8.67. The lowest BCUT2D eigenvalue weighted by atomic mass is 10.1. The molecule has 0 atom stereocenters. The standard InChI is InChI=1S/C44H34N4O8S2/c1-25-7-19-39(33(21-25)41-45-37-17-5-27(3)23-35(37)43(49)55-41)47-57(51,52)31-13-9-29(10-14-31)30-11-15-32(16-12-30)58(53,54)48-40-20-8-26(2)22-34(40)42-46-38-18-6-28(4)24-36(38)44(50)56-42/h5-24,47-48H,1-4H3. The Kier molecular flexibility index (Phi) is 9.53. The van der Waals surface area contributed by atoms with Gasteiger partial charge >= 0.3 is 11.3 Å². The third-order valence-electron chi connectivity index (χ3n) is 9.53. The van der Waals surface area contributed by atoms with Crippen LogP contribution >= 0.6 is 0 Å². The molecule has 0 fully saturated rings. The van der Waals surface area contributed by atoms with Crippen molar-refractivity contribution in [3.63, 3.8) is 0 Å². The predicted molar refractivity (Wildman–Crippen MR) is 224 cm³/mol. The van der Waals surface area contributed by atoms with Crippen LogP contribution in [0.1, 0.15) is 22.3 Å². The Morgan fingerprint density at radius 1 is 0.448 bits per heavy atom. The normalized spacial score (nSPS) is 11.9. The van der Waals surface area contributed by atoms with Crippen LogP contribution in [-0.4, -0.2) is 26.8 Å². The molecule has 0 radical (unpaired) electrons. The first-order valence-electron chi connectivity index (χ1n) is 17.9. The van der Waals surface area contributed by atoms with E-state index in [1.54, 1.807) is 84.9 Å². The predicted octanol–water partition coefficient (Wildman–Crippen LogP) is 8.53. The molecule has 0 amide bonds. The lowest BCUT2D eigenvalue weighted by Gasteiger charge is -2.14. The molecular formula is C44H34N4O8S2. The van der Waals surface area contributed by atoms with Crippen LogP contribution in [0.2, 0.25) is 0 Å². The summed E-state index contributed by atoms with van der Waals surface area (Å²) >= 11 is 0. The molecule has 8 rings (SSSR count). The van der Waals surface area contributed by atoms with E-state index in [-0.39, 0.29) is 32.9 Å². The summed E-state index contributed by atoms with van der Waals surface area (Å²) in [7, 11) is -8.25. The molecule has 290 valence electrons. The molecular weight excluding hydrogens is 777 g/mol. The number of hydrogen-bond donors (Lipinski definition) is 2. The van der Waals surface area contributed by atoms with Gasteiger partial charge in [-0.05, 0) is 112 Å². The Morgan fingerprint density at radius 3 is 1.17 bits per heavy atom. The highest BCUT2D eigenvalue weighted by atomic mass is 32.2. The van der Waals surface area contributed by atoms with Crippen LogP contribution in [0.15, 0.2) is 150 Å². The van der Waals surface area contributed by atoms with E-state index in [1.165, 1.54) is 24.3 Å². The van der Waals surface area contributed by atoms with Gasteiger partial charge in [-0.15, -0.1) is 0 Å². The topological polar surface area (TPSA) is 179 Å². The van der Waals surface area contributed by atoms with Crippen molar-refractivity contribution in [3.05, 3.63) is 164 Å². The summed E-state index contributed by atoms with van der Waals surface area (Å²) in [5.74, 6) is -0.0492. The molecule has 0 aliphatic heterocycles. The third-order valence-corrected chi connectivity index (χ3v) is 12.3. The average molecular weight is 811 g/mol. The van der Waals surface area contributed by atoms with Gasteiger partial charge in [-0.2, -0.15) is 0 Å². The molecule has 0 bridgehead atoms.